The smallest absolute Gasteiger partial charge is 0.322 e. The molecule has 1 atom stereocenters. The van der Waals surface area contributed by atoms with Crippen LogP contribution in [0.15, 0.2) is 24.4 Å². The van der Waals surface area contributed by atoms with E-state index in [9.17, 15) is 4.79 Å². The summed E-state index contributed by atoms with van der Waals surface area (Å²) in [5.74, 6) is -0.161. The lowest BCUT2D eigenvalue weighted by atomic mass is 10.2. The fraction of sp³-hybridized carbons (Fsp3) is 0.308. The molecule has 104 valence electrons. The van der Waals surface area contributed by atoms with Gasteiger partial charge in [0.15, 0.2) is 0 Å². The number of nitrogens with one attached hydrogen (secondary N) is 1. The Balaban J connectivity index is 1.90. The Kier molecular flexibility index (Phi) is 3.11. The number of nitrogens with zero attached hydrogens (tertiary/aromatic N) is 3. The van der Waals surface area contributed by atoms with Gasteiger partial charge in [-0.15, -0.1) is 0 Å². The van der Waals surface area contributed by atoms with Gasteiger partial charge >= 0.3 is 5.97 Å². The molecule has 0 radical (unpaired) electrons. The molecule has 7 nitrogen and oxygen atoms in total. The molecule has 0 aliphatic carbocycles. The lowest BCUT2D eigenvalue weighted by molar-refractivity contribution is -0.139. The Morgan fingerprint density at radius 2 is 2.30 bits per heavy atom. The van der Waals surface area contributed by atoms with Crippen molar-refractivity contribution in [2.45, 2.75) is 6.04 Å². The van der Waals surface area contributed by atoms with Gasteiger partial charge in [0.05, 0.1) is 17.2 Å². The third-order valence-electron chi connectivity index (χ3n) is 3.35. The molecular formula is C13H15N5O2. The molecule has 1 aromatic carbocycles. The van der Waals surface area contributed by atoms with Gasteiger partial charge in [-0.2, -0.15) is 0 Å². The van der Waals surface area contributed by atoms with Crippen LogP contribution in [-0.4, -0.2) is 46.7 Å². The molecule has 1 saturated heterocycles. The summed E-state index contributed by atoms with van der Waals surface area (Å²) in [6, 6.07) is 4.79. The highest BCUT2D eigenvalue weighted by atomic mass is 16.4. The van der Waals surface area contributed by atoms with Crippen LogP contribution in [0.1, 0.15) is 0 Å². The first-order valence-electron chi connectivity index (χ1n) is 6.37. The second kappa shape index (κ2) is 4.93. The number of hydrogen-bond donors (Lipinski definition) is 3. The maximum atomic E-state index is 11.0. The molecular weight excluding hydrogens is 258 g/mol. The average Bonchev–Trinajstić information content (AvgIpc) is 2.47. The van der Waals surface area contributed by atoms with Crippen molar-refractivity contribution in [2.24, 2.45) is 0 Å². The lowest BCUT2D eigenvalue weighted by Gasteiger charge is -2.32. The number of carbonyl (C=O) groups is 1. The minimum atomic E-state index is -0.851. The van der Waals surface area contributed by atoms with Crippen molar-refractivity contribution in [1.29, 1.82) is 0 Å². The summed E-state index contributed by atoms with van der Waals surface area (Å²) in [5.41, 5.74) is 7.84. The molecule has 3 rings (SSSR count). The molecule has 1 fully saturated rings. The van der Waals surface area contributed by atoms with E-state index in [2.05, 4.69) is 15.3 Å². The highest BCUT2D eigenvalue weighted by Gasteiger charge is 2.25. The van der Waals surface area contributed by atoms with E-state index in [0.717, 1.165) is 11.0 Å². The largest absolute Gasteiger partial charge is 0.480 e. The van der Waals surface area contributed by atoms with E-state index in [4.69, 9.17) is 10.8 Å². The van der Waals surface area contributed by atoms with Crippen LogP contribution in [0.25, 0.3) is 11.0 Å². The van der Waals surface area contributed by atoms with Crippen LogP contribution in [0.3, 0.4) is 0 Å². The van der Waals surface area contributed by atoms with Gasteiger partial charge in [0, 0.05) is 25.3 Å². The van der Waals surface area contributed by atoms with Crippen LogP contribution in [0.5, 0.6) is 0 Å². The van der Waals surface area contributed by atoms with Crippen LogP contribution in [-0.2, 0) is 4.79 Å². The van der Waals surface area contributed by atoms with Gasteiger partial charge in [0.2, 0.25) is 0 Å². The van der Waals surface area contributed by atoms with Crippen molar-refractivity contribution in [3.8, 4) is 0 Å². The van der Waals surface area contributed by atoms with Crippen LogP contribution in [0.2, 0.25) is 0 Å². The summed E-state index contributed by atoms with van der Waals surface area (Å²) in [6.45, 7) is 1.70. The number of carboxylic acids is 1. The Morgan fingerprint density at radius 1 is 1.45 bits per heavy atom. The van der Waals surface area contributed by atoms with E-state index < -0.39 is 12.0 Å². The zero-order valence-corrected chi connectivity index (χ0v) is 10.8. The Bertz CT molecular complexity index is 660. The normalized spacial score (nSPS) is 19.2. The van der Waals surface area contributed by atoms with Crippen LogP contribution in [0, 0.1) is 0 Å². The second-order valence-electron chi connectivity index (χ2n) is 4.77. The Morgan fingerprint density at radius 3 is 3.10 bits per heavy atom. The van der Waals surface area contributed by atoms with Crippen molar-refractivity contribution >= 4 is 28.5 Å². The first-order chi connectivity index (χ1) is 9.63. The van der Waals surface area contributed by atoms with E-state index in [0.29, 0.717) is 31.1 Å². The Hall–Kier alpha value is -2.41. The summed E-state index contributed by atoms with van der Waals surface area (Å²) in [7, 11) is 0. The quantitative estimate of drug-likeness (QED) is 0.665. The van der Waals surface area contributed by atoms with E-state index in [1.54, 1.807) is 18.3 Å². The third-order valence-corrected chi connectivity index (χ3v) is 3.35. The Labute approximate surface area is 115 Å². The number of carboxylic acid groups (broad SMARTS) is 1. The number of fused-ring (bicyclic) bond motifs is 1. The first kappa shape index (κ1) is 12.6. The van der Waals surface area contributed by atoms with E-state index in [1.165, 1.54) is 0 Å². The van der Waals surface area contributed by atoms with Crippen molar-refractivity contribution in [3.63, 3.8) is 0 Å². The molecule has 4 N–H and O–H groups in total. The fourth-order valence-electron chi connectivity index (χ4n) is 2.29. The van der Waals surface area contributed by atoms with E-state index >= 15 is 0 Å². The molecule has 0 saturated carbocycles. The van der Waals surface area contributed by atoms with Gasteiger partial charge in [-0.1, -0.05) is 0 Å². The number of nitrogens with two attached hydrogens (primary N) is 1. The first-order valence-corrected chi connectivity index (χ1v) is 6.37. The van der Waals surface area contributed by atoms with E-state index in [1.807, 2.05) is 11.0 Å². The standard InChI is InChI=1S/C13H15N5O2/c14-8-1-2-9-10(5-8)16-6-12(17-9)18-4-3-15-11(7-18)13(19)20/h1-2,5-6,11,15H,3-4,7,14H2,(H,19,20). The summed E-state index contributed by atoms with van der Waals surface area (Å²) in [6.07, 6.45) is 1.66. The second-order valence-corrected chi connectivity index (χ2v) is 4.77. The number of aromatic nitrogens is 2. The minimum Gasteiger partial charge on any atom is -0.480 e. The molecule has 7 heteroatoms. The van der Waals surface area contributed by atoms with Gasteiger partial charge in [-0.3, -0.25) is 9.78 Å². The van der Waals surface area contributed by atoms with Crippen LogP contribution in [0.4, 0.5) is 11.5 Å². The molecule has 1 unspecified atom stereocenters. The molecule has 1 aliphatic heterocycles. The van der Waals surface area contributed by atoms with Crippen LogP contribution < -0.4 is 16.0 Å². The average molecular weight is 273 g/mol. The zero-order chi connectivity index (χ0) is 14.1. The predicted molar refractivity (Wildman–Crippen MR) is 75.6 cm³/mol. The van der Waals surface area contributed by atoms with Crippen molar-refractivity contribution in [2.75, 3.05) is 30.3 Å². The number of rotatable bonds is 2. The molecule has 0 amide bonds. The number of hydrogen-bond acceptors (Lipinski definition) is 6. The maximum absolute atomic E-state index is 11.0. The number of aliphatic carboxylic acids is 1. The summed E-state index contributed by atoms with van der Waals surface area (Å²) in [4.78, 5) is 21.8. The van der Waals surface area contributed by atoms with Gasteiger partial charge in [0.25, 0.3) is 0 Å². The summed E-state index contributed by atoms with van der Waals surface area (Å²) in [5, 5.41) is 12.0. The van der Waals surface area contributed by atoms with Gasteiger partial charge in [0.1, 0.15) is 11.9 Å². The van der Waals surface area contributed by atoms with Crippen molar-refractivity contribution in [1.82, 2.24) is 15.3 Å². The number of piperazine rings is 1. The molecule has 2 heterocycles. The zero-order valence-electron chi connectivity index (χ0n) is 10.8. The minimum absolute atomic E-state index is 0.379. The fourth-order valence-corrected chi connectivity index (χ4v) is 2.29. The summed E-state index contributed by atoms with van der Waals surface area (Å²) >= 11 is 0. The molecule has 0 spiro atoms. The summed E-state index contributed by atoms with van der Waals surface area (Å²) < 4.78 is 0. The van der Waals surface area contributed by atoms with Gasteiger partial charge < -0.3 is 21.1 Å². The number of anilines is 2. The van der Waals surface area contributed by atoms with Crippen LogP contribution >= 0.6 is 0 Å². The lowest BCUT2D eigenvalue weighted by Crippen LogP contribution is -2.54. The molecule has 0 bridgehead atoms. The van der Waals surface area contributed by atoms with E-state index in [-0.39, 0.29) is 0 Å². The number of nitrogen functional groups attached to an aromatic ring is 1. The third kappa shape index (κ3) is 2.35. The monoisotopic (exact) mass is 273 g/mol. The molecule has 1 aliphatic rings. The van der Waals surface area contributed by atoms with Gasteiger partial charge in [-0.25, -0.2) is 4.98 Å². The van der Waals surface area contributed by atoms with Crippen molar-refractivity contribution in [3.05, 3.63) is 24.4 Å². The predicted octanol–water partition coefficient (Wildman–Crippen LogP) is 0.0748. The maximum Gasteiger partial charge on any atom is 0.322 e. The SMILES string of the molecule is Nc1ccc2nc(N3CCNC(C(=O)O)C3)cnc2c1. The van der Waals surface area contributed by atoms with Crippen molar-refractivity contribution < 1.29 is 9.90 Å². The molecule has 20 heavy (non-hydrogen) atoms. The molecule has 1 aromatic heterocycles. The topological polar surface area (TPSA) is 104 Å². The molecule has 2 aromatic rings. The highest BCUT2D eigenvalue weighted by Crippen LogP contribution is 2.18. The highest BCUT2D eigenvalue weighted by molar-refractivity contribution is 5.79. The van der Waals surface area contributed by atoms with Gasteiger partial charge in [-0.05, 0) is 18.2 Å². The number of benzene rings is 1.